The van der Waals surface area contributed by atoms with Crippen LogP contribution >= 0.6 is 0 Å². The first-order chi connectivity index (χ1) is 8.22. The maximum atomic E-state index is 11.6. The van der Waals surface area contributed by atoms with Crippen LogP contribution in [0.1, 0.15) is 39.0 Å². The minimum absolute atomic E-state index is 0.101. The van der Waals surface area contributed by atoms with Crippen LogP contribution in [-0.2, 0) is 9.53 Å². The van der Waals surface area contributed by atoms with Crippen LogP contribution in [-0.4, -0.2) is 49.2 Å². The van der Waals surface area contributed by atoms with Crippen LogP contribution in [0.5, 0.6) is 0 Å². The lowest BCUT2D eigenvalue weighted by Gasteiger charge is -2.33. The molecule has 1 heterocycles. The summed E-state index contributed by atoms with van der Waals surface area (Å²) >= 11 is 0. The third-order valence-corrected chi connectivity index (χ3v) is 3.90. The van der Waals surface area contributed by atoms with Gasteiger partial charge in [0.1, 0.15) is 6.04 Å². The van der Waals surface area contributed by atoms with Crippen molar-refractivity contribution in [3.63, 3.8) is 0 Å². The Balaban J connectivity index is 1.89. The summed E-state index contributed by atoms with van der Waals surface area (Å²) in [7, 11) is 1.47. The Hall–Kier alpha value is -0.610. The van der Waals surface area contributed by atoms with Crippen molar-refractivity contribution in [1.82, 2.24) is 10.2 Å². The summed E-state index contributed by atoms with van der Waals surface area (Å²) in [5.74, 6) is -0.104. The molecule has 0 aromatic heterocycles. The third kappa shape index (κ3) is 3.42. The molecular formula is C13H24N2O2. The monoisotopic (exact) mass is 240 g/mol. The Bertz CT molecular complexity index is 260. The van der Waals surface area contributed by atoms with E-state index in [1.807, 2.05) is 6.92 Å². The van der Waals surface area contributed by atoms with Crippen molar-refractivity contribution < 1.29 is 9.53 Å². The number of hydrogen-bond donors (Lipinski definition) is 1. The topological polar surface area (TPSA) is 41.6 Å². The van der Waals surface area contributed by atoms with Gasteiger partial charge in [0, 0.05) is 18.6 Å². The van der Waals surface area contributed by atoms with Crippen molar-refractivity contribution in [2.75, 3.05) is 20.2 Å². The van der Waals surface area contributed by atoms with Gasteiger partial charge in [-0.2, -0.15) is 0 Å². The second-order valence-corrected chi connectivity index (χ2v) is 5.27. The Morgan fingerprint density at radius 1 is 1.41 bits per heavy atom. The van der Waals surface area contributed by atoms with Gasteiger partial charge >= 0.3 is 5.97 Å². The van der Waals surface area contributed by atoms with E-state index in [9.17, 15) is 4.79 Å². The molecule has 1 aliphatic carbocycles. The van der Waals surface area contributed by atoms with Crippen LogP contribution < -0.4 is 5.32 Å². The molecule has 98 valence electrons. The number of methoxy groups -OCH3 is 1. The molecule has 2 unspecified atom stereocenters. The van der Waals surface area contributed by atoms with Gasteiger partial charge in [-0.25, -0.2) is 0 Å². The van der Waals surface area contributed by atoms with E-state index in [4.69, 9.17) is 4.74 Å². The van der Waals surface area contributed by atoms with E-state index < -0.39 is 0 Å². The van der Waals surface area contributed by atoms with Crippen LogP contribution in [0.4, 0.5) is 0 Å². The summed E-state index contributed by atoms with van der Waals surface area (Å²) in [6, 6.07) is 1.06. The molecule has 1 saturated carbocycles. The molecule has 0 spiro atoms. The fourth-order valence-electron chi connectivity index (χ4n) is 2.67. The van der Waals surface area contributed by atoms with E-state index in [1.165, 1.54) is 39.2 Å². The first-order valence-electron chi connectivity index (χ1n) is 6.79. The fraction of sp³-hybridized carbons (Fsp3) is 0.923. The summed E-state index contributed by atoms with van der Waals surface area (Å²) in [5.41, 5.74) is 0. The van der Waals surface area contributed by atoms with Gasteiger partial charge in [0.15, 0.2) is 0 Å². The lowest BCUT2D eigenvalue weighted by atomic mass is 10.0. The fourth-order valence-corrected chi connectivity index (χ4v) is 2.67. The van der Waals surface area contributed by atoms with Crippen LogP contribution in [0.15, 0.2) is 0 Å². The number of ether oxygens (including phenoxy) is 1. The zero-order valence-corrected chi connectivity index (χ0v) is 10.9. The largest absolute Gasteiger partial charge is 0.468 e. The van der Waals surface area contributed by atoms with E-state index in [0.717, 1.165) is 13.1 Å². The molecule has 2 fully saturated rings. The third-order valence-electron chi connectivity index (χ3n) is 3.90. The molecular weight excluding hydrogens is 216 g/mol. The summed E-state index contributed by atoms with van der Waals surface area (Å²) in [5, 5.41) is 3.55. The number of rotatable bonds is 5. The second-order valence-electron chi connectivity index (χ2n) is 5.27. The van der Waals surface area contributed by atoms with Gasteiger partial charge in [0.25, 0.3) is 0 Å². The number of carbonyl (C=O) groups is 1. The zero-order valence-electron chi connectivity index (χ0n) is 10.9. The molecule has 4 heteroatoms. The average Bonchev–Trinajstić information content (AvgIpc) is 3.19. The van der Waals surface area contributed by atoms with E-state index in [2.05, 4.69) is 10.2 Å². The zero-order chi connectivity index (χ0) is 12.3. The number of carbonyl (C=O) groups excluding carboxylic acids is 1. The van der Waals surface area contributed by atoms with Crippen molar-refractivity contribution in [1.29, 1.82) is 0 Å². The van der Waals surface area contributed by atoms with E-state index in [1.54, 1.807) is 0 Å². The van der Waals surface area contributed by atoms with E-state index >= 15 is 0 Å². The van der Waals surface area contributed by atoms with Gasteiger partial charge in [0.05, 0.1) is 7.11 Å². The molecule has 0 aromatic rings. The maximum Gasteiger partial charge on any atom is 0.322 e. The first-order valence-corrected chi connectivity index (χ1v) is 6.79. The molecule has 0 radical (unpaired) electrons. The second kappa shape index (κ2) is 5.83. The highest BCUT2D eigenvalue weighted by molar-refractivity contribution is 5.75. The Morgan fingerprint density at radius 3 is 2.71 bits per heavy atom. The van der Waals surface area contributed by atoms with Gasteiger partial charge in [-0.1, -0.05) is 6.42 Å². The Morgan fingerprint density at radius 2 is 2.18 bits per heavy atom. The Kier molecular flexibility index (Phi) is 4.40. The van der Waals surface area contributed by atoms with Crippen molar-refractivity contribution in [3.8, 4) is 0 Å². The highest BCUT2D eigenvalue weighted by atomic mass is 16.5. The van der Waals surface area contributed by atoms with Crippen LogP contribution in [0.25, 0.3) is 0 Å². The van der Waals surface area contributed by atoms with E-state index in [-0.39, 0.29) is 12.0 Å². The predicted octanol–water partition coefficient (Wildman–Crippen LogP) is 1.15. The van der Waals surface area contributed by atoms with Crippen molar-refractivity contribution >= 4 is 5.97 Å². The number of hydrogen-bond acceptors (Lipinski definition) is 4. The predicted molar refractivity (Wildman–Crippen MR) is 66.8 cm³/mol. The standard InChI is InChI=1S/C13H24N2O2/c1-10(13(16)17-2)15(12-6-7-12)9-11-5-3-4-8-14-11/h10-12,14H,3-9H2,1-2H3. The summed E-state index contributed by atoms with van der Waals surface area (Å²) in [6.45, 7) is 4.07. The quantitative estimate of drug-likeness (QED) is 0.732. The molecule has 2 aliphatic rings. The number of nitrogens with zero attached hydrogens (tertiary/aromatic N) is 1. The smallest absolute Gasteiger partial charge is 0.322 e. The molecule has 2 rings (SSSR count). The summed E-state index contributed by atoms with van der Waals surface area (Å²) < 4.78 is 4.86. The molecule has 0 bridgehead atoms. The molecule has 2 atom stereocenters. The van der Waals surface area contributed by atoms with Crippen molar-refractivity contribution in [3.05, 3.63) is 0 Å². The van der Waals surface area contributed by atoms with Gasteiger partial charge in [-0.15, -0.1) is 0 Å². The lowest BCUT2D eigenvalue weighted by molar-refractivity contribution is -0.146. The molecule has 17 heavy (non-hydrogen) atoms. The summed E-state index contributed by atoms with van der Waals surface area (Å²) in [4.78, 5) is 14.0. The number of nitrogens with one attached hydrogen (secondary N) is 1. The highest BCUT2D eigenvalue weighted by Crippen LogP contribution is 2.29. The maximum absolute atomic E-state index is 11.6. The molecule has 0 amide bonds. The lowest BCUT2D eigenvalue weighted by Crippen LogP contribution is -2.49. The van der Waals surface area contributed by atoms with E-state index in [0.29, 0.717) is 12.1 Å². The molecule has 0 aromatic carbocycles. The minimum Gasteiger partial charge on any atom is -0.468 e. The van der Waals surface area contributed by atoms with Gasteiger partial charge in [-0.05, 0) is 39.2 Å². The van der Waals surface area contributed by atoms with Crippen molar-refractivity contribution in [2.45, 2.75) is 57.2 Å². The van der Waals surface area contributed by atoms with Gasteiger partial charge < -0.3 is 10.1 Å². The Labute approximate surface area is 104 Å². The normalized spacial score (nSPS) is 26.9. The number of piperidine rings is 1. The van der Waals surface area contributed by atoms with Crippen molar-refractivity contribution in [2.24, 2.45) is 0 Å². The van der Waals surface area contributed by atoms with Crippen LogP contribution in [0.3, 0.4) is 0 Å². The SMILES string of the molecule is COC(=O)C(C)N(CC1CCCCN1)C1CC1. The van der Waals surface area contributed by atoms with Gasteiger partial charge in [-0.3, -0.25) is 9.69 Å². The minimum atomic E-state index is -0.104. The van der Waals surface area contributed by atoms with Crippen LogP contribution in [0, 0.1) is 0 Å². The number of esters is 1. The first kappa shape index (κ1) is 12.8. The van der Waals surface area contributed by atoms with Crippen LogP contribution in [0.2, 0.25) is 0 Å². The molecule has 1 saturated heterocycles. The molecule has 1 aliphatic heterocycles. The molecule has 1 N–H and O–H groups in total. The summed E-state index contributed by atoms with van der Waals surface area (Å²) in [6.07, 6.45) is 6.29. The average molecular weight is 240 g/mol. The molecule has 4 nitrogen and oxygen atoms in total. The van der Waals surface area contributed by atoms with Gasteiger partial charge in [0.2, 0.25) is 0 Å². The highest BCUT2D eigenvalue weighted by Gasteiger charge is 2.36.